The molecule has 1 unspecified atom stereocenters. The van der Waals surface area contributed by atoms with E-state index >= 15 is 0 Å². The lowest BCUT2D eigenvalue weighted by molar-refractivity contribution is -0.130. The fraction of sp³-hybridized carbons (Fsp3) is 0.875. The summed E-state index contributed by atoms with van der Waals surface area (Å²) in [6.45, 7) is 6.37. The van der Waals surface area contributed by atoms with E-state index in [0.29, 0.717) is 13.0 Å². The van der Waals surface area contributed by atoms with Gasteiger partial charge in [0.25, 0.3) is 0 Å². The van der Waals surface area contributed by atoms with Crippen LogP contribution in [-0.2, 0) is 9.53 Å². The quantitative estimate of drug-likeness (QED) is 0.588. The zero-order valence-corrected chi connectivity index (χ0v) is 7.02. The van der Waals surface area contributed by atoms with Gasteiger partial charge in [0.1, 0.15) is 6.10 Å². The van der Waals surface area contributed by atoms with Gasteiger partial charge in [0.05, 0.1) is 0 Å². The monoisotopic (exact) mass is 144 g/mol. The van der Waals surface area contributed by atoms with Crippen molar-refractivity contribution in [1.29, 1.82) is 0 Å². The summed E-state index contributed by atoms with van der Waals surface area (Å²) < 4.78 is 5.19. The number of carbonyl (C=O) groups is 1. The number of ether oxygens (including phenoxy) is 1. The molecule has 0 aromatic heterocycles. The van der Waals surface area contributed by atoms with Gasteiger partial charge in [-0.25, -0.2) is 0 Å². The van der Waals surface area contributed by atoms with E-state index in [0.717, 1.165) is 6.42 Å². The number of rotatable bonds is 5. The van der Waals surface area contributed by atoms with Gasteiger partial charge in [-0.05, 0) is 13.3 Å². The van der Waals surface area contributed by atoms with Crippen molar-refractivity contribution in [3.8, 4) is 0 Å². The van der Waals surface area contributed by atoms with E-state index in [1.807, 2.05) is 20.8 Å². The number of Topliss-reactive ketones (excluding diaryl/α,β-unsaturated/α-hetero) is 1. The first-order chi connectivity index (χ1) is 4.76. The van der Waals surface area contributed by atoms with Crippen LogP contribution in [0.3, 0.4) is 0 Å². The minimum atomic E-state index is -0.157. The SMILES string of the molecule is CCOC(CC)C(=O)CC. The maximum atomic E-state index is 11.0. The van der Waals surface area contributed by atoms with Crippen molar-refractivity contribution >= 4 is 5.78 Å². The molecule has 0 aliphatic heterocycles. The predicted molar refractivity (Wildman–Crippen MR) is 41.0 cm³/mol. The third kappa shape index (κ3) is 2.97. The standard InChI is InChI=1S/C8H16O2/c1-4-7(9)8(5-2)10-6-3/h8H,4-6H2,1-3H3. The third-order valence-corrected chi connectivity index (χ3v) is 1.45. The van der Waals surface area contributed by atoms with Crippen LogP contribution in [0.1, 0.15) is 33.6 Å². The molecule has 2 heteroatoms. The molecule has 2 nitrogen and oxygen atoms in total. The number of hydrogen-bond acceptors (Lipinski definition) is 2. The lowest BCUT2D eigenvalue weighted by Crippen LogP contribution is -2.22. The summed E-state index contributed by atoms with van der Waals surface area (Å²) in [4.78, 5) is 11.0. The van der Waals surface area contributed by atoms with Crippen molar-refractivity contribution in [3.63, 3.8) is 0 Å². The molecule has 0 saturated carbocycles. The van der Waals surface area contributed by atoms with Crippen LogP contribution in [0.25, 0.3) is 0 Å². The Morgan fingerprint density at radius 3 is 2.30 bits per heavy atom. The summed E-state index contributed by atoms with van der Waals surface area (Å²) in [5.74, 6) is 0.212. The molecule has 0 heterocycles. The van der Waals surface area contributed by atoms with Crippen molar-refractivity contribution in [1.82, 2.24) is 0 Å². The Balaban J connectivity index is 3.68. The van der Waals surface area contributed by atoms with Crippen LogP contribution < -0.4 is 0 Å². The first kappa shape index (κ1) is 9.63. The summed E-state index contributed by atoms with van der Waals surface area (Å²) in [6.07, 6.45) is 1.22. The highest BCUT2D eigenvalue weighted by Gasteiger charge is 2.12. The maximum Gasteiger partial charge on any atom is 0.161 e. The van der Waals surface area contributed by atoms with Gasteiger partial charge in [0, 0.05) is 13.0 Å². The van der Waals surface area contributed by atoms with Crippen molar-refractivity contribution in [2.24, 2.45) is 0 Å². The Kier molecular flexibility index (Phi) is 5.22. The highest BCUT2D eigenvalue weighted by molar-refractivity contribution is 5.82. The van der Waals surface area contributed by atoms with Crippen LogP contribution in [0, 0.1) is 0 Å². The molecule has 0 radical (unpaired) electrons. The fourth-order valence-electron chi connectivity index (χ4n) is 0.867. The van der Waals surface area contributed by atoms with Crippen LogP contribution in [0.5, 0.6) is 0 Å². The highest BCUT2D eigenvalue weighted by atomic mass is 16.5. The first-order valence-corrected chi connectivity index (χ1v) is 3.90. The molecule has 0 aromatic rings. The lowest BCUT2D eigenvalue weighted by atomic mass is 10.1. The average Bonchev–Trinajstić information content (AvgIpc) is 1.99. The van der Waals surface area contributed by atoms with E-state index in [1.165, 1.54) is 0 Å². The molecule has 0 saturated heterocycles. The molecular weight excluding hydrogens is 128 g/mol. The smallest absolute Gasteiger partial charge is 0.161 e. The van der Waals surface area contributed by atoms with Gasteiger partial charge >= 0.3 is 0 Å². The molecule has 0 amide bonds. The number of hydrogen-bond donors (Lipinski definition) is 0. The molecule has 0 N–H and O–H groups in total. The summed E-state index contributed by atoms with van der Waals surface area (Å²) in [7, 11) is 0. The number of carbonyl (C=O) groups excluding carboxylic acids is 1. The molecule has 0 aliphatic carbocycles. The molecule has 0 bridgehead atoms. The molecule has 0 aliphatic rings. The molecule has 10 heavy (non-hydrogen) atoms. The molecule has 0 rings (SSSR count). The predicted octanol–water partition coefficient (Wildman–Crippen LogP) is 1.78. The second-order valence-electron chi connectivity index (χ2n) is 2.17. The topological polar surface area (TPSA) is 26.3 Å². The highest BCUT2D eigenvalue weighted by Crippen LogP contribution is 2.01. The zero-order valence-electron chi connectivity index (χ0n) is 7.02. The molecule has 1 atom stereocenters. The van der Waals surface area contributed by atoms with Gasteiger partial charge in [-0.2, -0.15) is 0 Å². The van der Waals surface area contributed by atoms with E-state index in [1.54, 1.807) is 0 Å². The molecule has 0 fully saturated rings. The minimum Gasteiger partial charge on any atom is -0.371 e. The van der Waals surface area contributed by atoms with Crippen molar-refractivity contribution in [3.05, 3.63) is 0 Å². The molecule has 60 valence electrons. The zero-order chi connectivity index (χ0) is 7.98. The molecule has 0 spiro atoms. The van der Waals surface area contributed by atoms with E-state index in [-0.39, 0.29) is 11.9 Å². The van der Waals surface area contributed by atoms with Crippen LogP contribution >= 0.6 is 0 Å². The molecule has 0 aromatic carbocycles. The van der Waals surface area contributed by atoms with Gasteiger partial charge in [0.15, 0.2) is 5.78 Å². The average molecular weight is 144 g/mol. The van der Waals surface area contributed by atoms with Gasteiger partial charge in [-0.1, -0.05) is 13.8 Å². The Bertz CT molecular complexity index is 99.4. The van der Waals surface area contributed by atoms with Gasteiger partial charge in [-0.3, -0.25) is 4.79 Å². The maximum absolute atomic E-state index is 11.0. The number of ketones is 1. The summed E-state index contributed by atoms with van der Waals surface area (Å²) in [5.41, 5.74) is 0. The van der Waals surface area contributed by atoms with Gasteiger partial charge in [0.2, 0.25) is 0 Å². The Morgan fingerprint density at radius 2 is 2.00 bits per heavy atom. The Labute approximate surface area is 62.6 Å². The Hall–Kier alpha value is -0.370. The van der Waals surface area contributed by atoms with E-state index < -0.39 is 0 Å². The fourth-order valence-corrected chi connectivity index (χ4v) is 0.867. The second-order valence-corrected chi connectivity index (χ2v) is 2.17. The van der Waals surface area contributed by atoms with Crippen LogP contribution in [0.15, 0.2) is 0 Å². The van der Waals surface area contributed by atoms with E-state index in [4.69, 9.17) is 4.74 Å². The van der Waals surface area contributed by atoms with Crippen LogP contribution in [-0.4, -0.2) is 18.5 Å². The van der Waals surface area contributed by atoms with Gasteiger partial charge < -0.3 is 4.74 Å². The summed E-state index contributed by atoms with van der Waals surface area (Å²) >= 11 is 0. The normalized spacial score (nSPS) is 13.1. The van der Waals surface area contributed by atoms with E-state index in [2.05, 4.69) is 0 Å². The van der Waals surface area contributed by atoms with Gasteiger partial charge in [-0.15, -0.1) is 0 Å². The Morgan fingerprint density at radius 1 is 1.40 bits per heavy atom. The lowest BCUT2D eigenvalue weighted by Gasteiger charge is -2.11. The van der Waals surface area contributed by atoms with E-state index in [9.17, 15) is 4.79 Å². The summed E-state index contributed by atoms with van der Waals surface area (Å²) in [5, 5.41) is 0. The third-order valence-electron chi connectivity index (χ3n) is 1.45. The largest absolute Gasteiger partial charge is 0.371 e. The van der Waals surface area contributed by atoms with Crippen molar-refractivity contribution in [2.75, 3.05) is 6.61 Å². The minimum absolute atomic E-state index is 0.157. The van der Waals surface area contributed by atoms with Crippen molar-refractivity contribution < 1.29 is 9.53 Å². The van der Waals surface area contributed by atoms with Crippen molar-refractivity contribution in [2.45, 2.75) is 39.7 Å². The van der Waals surface area contributed by atoms with Crippen LogP contribution in [0.2, 0.25) is 0 Å². The molecular formula is C8H16O2. The summed E-state index contributed by atoms with van der Waals surface area (Å²) in [6, 6.07) is 0. The first-order valence-electron chi connectivity index (χ1n) is 3.90. The second kappa shape index (κ2) is 5.42. The van der Waals surface area contributed by atoms with Crippen LogP contribution in [0.4, 0.5) is 0 Å².